The van der Waals surface area contributed by atoms with Crippen LogP contribution in [0.3, 0.4) is 0 Å². The minimum Gasteiger partial charge on any atom is -0.350 e. The summed E-state index contributed by atoms with van der Waals surface area (Å²) in [4.78, 5) is 25.0. The van der Waals surface area contributed by atoms with Crippen LogP contribution in [0.4, 0.5) is 4.39 Å². The summed E-state index contributed by atoms with van der Waals surface area (Å²) in [6.45, 7) is 2.15. The summed E-state index contributed by atoms with van der Waals surface area (Å²) >= 11 is 1.62. The van der Waals surface area contributed by atoms with E-state index in [4.69, 9.17) is 0 Å². The molecule has 138 valence electrons. The Kier molecular flexibility index (Phi) is 7.66. The molecule has 2 aromatic carbocycles. The van der Waals surface area contributed by atoms with Gasteiger partial charge in [0.1, 0.15) is 11.9 Å². The number of carbonyl (C=O) groups excluding carboxylic acids is 2. The quantitative estimate of drug-likeness (QED) is 0.745. The Hall–Kier alpha value is -2.34. The zero-order valence-electron chi connectivity index (χ0n) is 14.9. The van der Waals surface area contributed by atoms with E-state index in [-0.39, 0.29) is 24.2 Å². The monoisotopic (exact) mass is 374 g/mol. The molecule has 2 N–H and O–H groups in total. The summed E-state index contributed by atoms with van der Waals surface area (Å²) in [5.74, 6) is -0.0669. The molecule has 0 saturated carbocycles. The predicted octanol–water partition coefficient (Wildman–Crippen LogP) is 3.30. The molecule has 0 heterocycles. The maximum absolute atomic E-state index is 13.0. The Morgan fingerprint density at radius 1 is 1.12 bits per heavy atom. The Morgan fingerprint density at radius 3 is 2.46 bits per heavy atom. The average molecular weight is 374 g/mol. The number of hydrogen-bond donors (Lipinski definition) is 2. The maximum atomic E-state index is 13.0. The summed E-state index contributed by atoms with van der Waals surface area (Å²) in [5, 5.41) is 5.64. The molecule has 0 bridgehead atoms. The molecule has 0 spiro atoms. The van der Waals surface area contributed by atoms with E-state index in [0.717, 1.165) is 16.9 Å². The van der Waals surface area contributed by atoms with Gasteiger partial charge in [0.05, 0.1) is 0 Å². The number of amides is 2. The highest BCUT2D eigenvalue weighted by molar-refractivity contribution is 7.98. The predicted molar refractivity (Wildman–Crippen MR) is 104 cm³/mol. The zero-order valence-corrected chi connectivity index (χ0v) is 15.7. The van der Waals surface area contributed by atoms with Crippen LogP contribution in [0.15, 0.2) is 48.5 Å². The van der Waals surface area contributed by atoms with Crippen molar-refractivity contribution in [3.05, 3.63) is 71.0 Å². The van der Waals surface area contributed by atoms with Crippen molar-refractivity contribution in [3.63, 3.8) is 0 Å². The lowest BCUT2D eigenvalue weighted by molar-refractivity contribution is -0.123. The van der Waals surface area contributed by atoms with E-state index >= 15 is 0 Å². The number of hydrogen-bond acceptors (Lipinski definition) is 3. The van der Waals surface area contributed by atoms with Crippen LogP contribution in [-0.2, 0) is 11.3 Å². The van der Waals surface area contributed by atoms with Gasteiger partial charge in [0.2, 0.25) is 5.91 Å². The molecule has 0 aliphatic rings. The van der Waals surface area contributed by atoms with Gasteiger partial charge in [-0.05, 0) is 54.7 Å². The van der Waals surface area contributed by atoms with Gasteiger partial charge < -0.3 is 10.6 Å². The molecule has 2 amide bonds. The van der Waals surface area contributed by atoms with Crippen LogP contribution < -0.4 is 10.6 Å². The molecule has 0 radical (unpaired) electrons. The second-order valence-electron chi connectivity index (χ2n) is 5.97. The molecule has 0 aromatic heterocycles. The van der Waals surface area contributed by atoms with Crippen molar-refractivity contribution in [2.45, 2.75) is 25.9 Å². The van der Waals surface area contributed by atoms with Crippen molar-refractivity contribution in [1.82, 2.24) is 10.6 Å². The SMILES string of the molecule is CSCCC(NC(=O)c1ccccc1C)C(=O)NCc1ccc(F)cc1. The van der Waals surface area contributed by atoms with Crippen LogP contribution in [0.1, 0.15) is 27.9 Å². The van der Waals surface area contributed by atoms with E-state index in [9.17, 15) is 14.0 Å². The first-order valence-electron chi connectivity index (χ1n) is 8.39. The van der Waals surface area contributed by atoms with Crippen LogP contribution in [0, 0.1) is 12.7 Å². The first kappa shape index (κ1) is 20.0. The van der Waals surface area contributed by atoms with E-state index in [0.29, 0.717) is 12.0 Å². The maximum Gasteiger partial charge on any atom is 0.252 e. The summed E-state index contributed by atoms with van der Waals surface area (Å²) in [6.07, 6.45) is 2.49. The molecule has 0 aliphatic heterocycles. The summed E-state index contributed by atoms with van der Waals surface area (Å²) in [5.41, 5.74) is 2.22. The van der Waals surface area contributed by atoms with E-state index in [1.807, 2.05) is 25.3 Å². The van der Waals surface area contributed by atoms with Crippen molar-refractivity contribution >= 4 is 23.6 Å². The number of benzene rings is 2. The van der Waals surface area contributed by atoms with Gasteiger partial charge in [0.25, 0.3) is 5.91 Å². The number of thioether (sulfide) groups is 1. The molecule has 4 nitrogen and oxygen atoms in total. The molecule has 1 atom stereocenters. The highest BCUT2D eigenvalue weighted by Crippen LogP contribution is 2.09. The lowest BCUT2D eigenvalue weighted by Crippen LogP contribution is -2.47. The standard InChI is InChI=1S/C20H23FN2O2S/c1-14-5-3-4-6-17(14)19(24)23-18(11-12-26-2)20(25)22-13-15-7-9-16(21)10-8-15/h3-10,18H,11-13H2,1-2H3,(H,22,25)(H,23,24). The normalized spacial score (nSPS) is 11.7. The Morgan fingerprint density at radius 2 is 1.81 bits per heavy atom. The van der Waals surface area contributed by atoms with Gasteiger partial charge in [0.15, 0.2) is 0 Å². The van der Waals surface area contributed by atoms with Gasteiger partial charge in [-0.3, -0.25) is 9.59 Å². The number of aryl methyl sites for hydroxylation is 1. The third-order valence-electron chi connectivity index (χ3n) is 4.00. The number of halogens is 1. The lowest BCUT2D eigenvalue weighted by Gasteiger charge is -2.19. The average Bonchev–Trinajstić information content (AvgIpc) is 2.64. The Bertz CT molecular complexity index is 750. The van der Waals surface area contributed by atoms with Gasteiger partial charge in [-0.2, -0.15) is 11.8 Å². The van der Waals surface area contributed by atoms with Crippen LogP contribution >= 0.6 is 11.8 Å². The molecule has 26 heavy (non-hydrogen) atoms. The third kappa shape index (κ3) is 5.88. The number of rotatable bonds is 8. The summed E-state index contributed by atoms with van der Waals surface area (Å²) < 4.78 is 13.0. The topological polar surface area (TPSA) is 58.2 Å². The fourth-order valence-electron chi connectivity index (χ4n) is 2.48. The zero-order chi connectivity index (χ0) is 18.9. The smallest absolute Gasteiger partial charge is 0.252 e. The minimum absolute atomic E-state index is 0.245. The highest BCUT2D eigenvalue weighted by Gasteiger charge is 2.21. The molecule has 0 saturated heterocycles. The molecular formula is C20H23FN2O2S. The first-order chi connectivity index (χ1) is 12.5. The van der Waals surface area contributed by atoms with E-state index in [1.54, 1.807) is 36.0 Å². The molecule has 0 aliphatic carbocycles. The lowest BCUT2D eigenvalue weighted by atomic mass is 10.1. The highest BCUT2D eigenvalue weighted by atomic mass is 32.2. The van der Waals surface area contributed by atoms with Crippen molar-refractivity contribution in [2.75, 3.05) is 12.0 Å². The van der Waals surface area contributed by atoms with Gasteiger partial charge in [-0.15, -0.1) is 0 Å². The molecule has 2 aromatic rings. The molecule has 6 heteroatoms. The van der Waals surface area contributed by atoms with Crippen molar-refractivity contribution in [3.8, 4) is 0 Å². The van der Waals surface area contributed by atoms with Crippen LogP contribution in [-0.4, -0.2) is 29.9 Å². The molecule has 1 unspecified atom stereocenters. The van der Waals surface area contributed by atoms with E-state index in [1.165, 1.54) is 12.1 Å². The van der Waals surface area contributed by atoms with Crippen molar-refractivity contribution in [1.29, 1.82) is 0 Å². The first-order valence-corrected chi connectivity index (χ1v) is 9.78. The van der Waals surface area contributed by atoms with Crippen LogP contribution in [0.5, 0.6) is 0 Å². The van der Waals surface area contributed by atoms with Gasteiger partial charge in [0, 0.05) is 12.1 Å². The van der Waals surface area contributed by atoms with Gasteiger partial charge in [-0.1, -0.05) is 30.3 Å². The fraction of sp³-hybridized carbons (Fsp3) is 0.300. The minimum atomic E-state index is -0.616. The summed E-state index contributed by atoms with van der Waals surface area (Å²) in [6, 6.07) is 12.6. The van der Waals surface area contributed by atoms with Gasteiger partial charge >= 0.3 is 0 Å². The second-order valence-corrected chi connectivity index (χ2v) is 6.95. The third-order valence-corrected chi connectivity index (χ3v) is 4.65. The van der Waals surface area contributed by atoms with Crippen LogP contribution in [0.2, 0.25) is 0 Å². The number of nitrogens with one attached hydrogen (secondary N) is 2. The molecular weight excluding hydrogens is 351 g/mol. The van der Waals surface area contributed by atoms with E-state index < -0.39 is 6.04 Å². The summed E-state index contributed by atoms with van der Waals surface area (Å²) in [7, 11) is 0. The molecule has 2 rings (SSSR count). The Labute approximate surface area is 157 Å². The fourth-order valence-corrected chi connectivity index (χ4v) is 2.95. The number of carbonyl (C=O) groups is 2. The van der Waals surface area contributed by atoms with Crippen LogP contribution in [0.25, 0.3) is 0 Å². The Balaban J connectivity index is 2.00. The van der Waals surface area contributed by atoms with Gasteiger partial charge in [-0.25, -0.2) is 4.39 Å². The van der Waals surface area contributed by atoms with Crippen molar-refractivity contribution in [2.24, 2.45) is 0 Å². The van der Waals surface area contributed by atoms with Crippen molar-refractivity contribution < 1.29 is 14.0 Å². The molecule has 0 fully saturated rings. The van der Waals surface area contributed by atoms with E-state index in [2.05, 4.69) is 10.6 Å². The largest absolute Gasteiger partial charge is 0.350 e. The second kappa shape index (κ2) is 9.97.